The maximum atomic E-state index is 14.7. The highest BCUT2D eigenvalue weighted by Crippen LogP contribution is 2.33. The van der Waals surface area contributed by atoms with Gasteiger partial charge in [-0.2, -0.15) is 5.26 Å². The lowest BCUT2D eigenvalue weighted by atomic mass is 9.90. The van der Waals surface area contributed by atoms with Crippen LogP contribution in [0.5, 0.6) is 0 Å². The molecule has 1 N–H and O–H groups in total. The van der Waals surface area contributed by atoms with E-state index >= 15 is 0 Å². The Kier molecular flexibility index (Phi) is 6.85. The van der Waals surface area contributed by atoms with Gasteiger partial charge in [0.2, 0.25) is 0 Å². The van der Waals surface area contributed by atoms with E-state index in [0.29, 0.717) is 17.5 Å². The van der Waals surface area contributed by atoms with E-state index in [-0.39, 0.29) is 17.4 Å². The van der Waals surface area contributed by atoms with Gasteiger partial charge in [0.15, 0.2) is 0 Å². The van der Waals surface area contributed by atoms with Crippen LogP contribution >= 0.6 is 0 Å². The van der Waals surface area contributed by atoms with E-state index < -0.39 is 43.4 Å². The molecule has 1 aliphatic rings. The topological polar surface area (TPSA) is 82.4 Å². The molecular formula is C25H29F2N3O3Si. The molecule has 180 valence electrons. The molecule has 0 spiro atoms. The monoisotopic (exact) mass is 485 g/mol. The van der Waals surface area contributed by atoms with Crippen LogP contribution in [-0.4, -0.2) is 37.1 Å². The molecule has 34 heavy (non-hydrogen) atoms. The van der Waals surface area contributed by atoms with Gasteiger partial charge in [-0.05, 0) is 62.6 Å². The number of fused-ring (bicyclic) bond motifs is 1. The molecule has 1 heterocycles. The number of rotatable bonds is 3. The molecule has 0 saturated carbocycles. The first-order chi connectivity index (χ1) is 15.7. The summed E-state index contributed by atoms with van der Waals surface area (Å²) in [6.45, 7) is 10.9. The third-order valence-electron chi connectivity index (χ3n) is 5.44. The molecule has 0 aromatic heterocycles. The summed E-state index contributed by atoms with van der Waals surface area (Å²) in [4.78, 5) is 27.6. The van der Waals surface area contributed by atoms with Crippen LogP contribution < -0.4 is 10.5 Å². The Morgan fingerprint density at radius 1 is 1.15 bits per heavy atom. The van der Waals surface area contributed by atoms with Crippen molar-refractivity contribution < 1.29 is 23.1 Å². The normalized spacial score (nSPS) is 15.9. The second-order valence-electron chi connectivity index (χ2n) is 10.4. The summed E-state index contributed by atoms with van der Waals surface area (Å²) in [5.41, 5.74) is 0.919. The highest BCUT2D eigenvalue weighted by atomic mass is 28.3. The Hall–Kier alpha value is -3.25. The van der Waals surface area contributed by atoms with Crippen LogP contribution in [0.25, 0.3) is 0 Å². The molecule has 2 aromatic carbocycles. The van der Waals surface area contributed by atoms with Crippen LogP contribution in [0.4, 0.5) is 19.3 Å². The summed E-state index contributed by atoms with van der Waals surface area (Å²) in [5.74, 6) is -2.04. The maximum absolute atomic E-state index is 14.7. The second kappa shape index (κ2) is 9.18. The third kappa shape index (κ3) is 5.45. The lowest BCUT2D eigenvalue weighted by molar-refractivity contribution is -0.121. The summed E-state index contributed by atoms with van der Waals surface area (Å²) in [6, 6.07) is 8.08. The average molecular weight is 486 g/mol. The fourth-order valence-electron chi connectivity index (χ4n) is 4.07. The third-order valence-corrected chi connectivity index (χ3v) is 7.41. The molecule has 6 nitrogen and oxygen atoms in total. The van der Waals surface area contributed by atoms with Crippen LogP contribution in [-0.2, 0) is 16.0 Å². The molecule has 9 heteroatoms. The molecule has 2 aromatic rings. The minimum atomic E-state index is -2.28. The van der Waals surface area contributed by atoms with Crippen molar-refractivity contribution in [1.82, 2.24) is 4.90 Å². The molecule has 0 fully saturated rings. The first-order valence-electron chi connectivity index (χ1n) is 11.0. The number of carbonyl (C=O) groups excluding carboxylic acids is 2. The summed E-state index contributed by atoms with van der Waals surface area (Å²) in [7, 11) is -2.28. The Bertz CT molecular complexity index is 1160. The zero-order valence-electron chi connectivity index (χ0n) is 20.3. The van der Waals surface area contributed by atoms with Crippen LogP contribution in [0.15, 0.2) is 30.3 Å². The molecule has 0 bridgehead atoms. The Labute approximate surface area is 199 Å². The minimum Gasteiger partial charge on any atom is -0.444 e. The highest BCUT2D eigenvalue weighted by molar-refractivity contribution is 6.88. The van der Waals surface area contributed by atoms with E-state index in [9.17, 15) is 23.6 Å². The van der Waals surface area contributed by atoms with Gasteiger partial charge in [0.25, 0.3) is 5.91 Å². The number of hydrogen-bond acceptors (Lipinski definition) is 4. The second-order valence-corrected chi connectivity index (χ2v) is 15.4. The Morgan fingerprint density at radius 3 is 2.29 bits per heavy atom. The summed E-state index contributed by atoms with van der Waals surface area (Å²) < 4.78 is 35.0. The van der Waals surface area contributed by atoms with Crippen molar-refractivity contribution in [1.29, 1.82) is 5.26 Å². The fraction of sp³-hybridized carbons (Fsp3) is 0.400. The SMILES string of the molecule is CC(C)(C)OC(=O)N1CCc2cc(C#N)ccc2[C@H]1C(=O)Nc1cc(F)c([Si](C)(C)C)c(F)c1. The number of benzene rings is 2. The summed E-state index contributed by atoms with van der Waals surface area (Å²) in [5, 5.41) is 11.9. The largest absolute Gasteiger partial charge is 0.444 e. The van der Waals surface area contributed by atoms with Gasteiger partial charge in [-0.15, -0.1) is 0 Å². The quantitative estimate of drug-likeness (QED) is 0.630. The molecule has 2 amide bonds. The van der Waals surface area contributed by atoms with E-state index in [0.717, 1.165) is 17.7 Å². The number of ether oxygens (including phenoxy) is 1. The number of nitrogens with one attached hydrogen (secondary N) is 1. The van der Waals surface area contributed by atoms with Gasteiger partial charge in [0, 0.05) is 17.4 Å². The summed E-state index contributed by atoms with van der Waals surface area (Å²) in [6.07, 6.45) is -0.240. The van der Waals surface area contributed by atoms with E-state index in [1.165, 1.54) is 4.90 Å². The van der Waals surface area contributed by atoms with Gasteiger partial charge in [-0.1, -0.05) is 25.7 Å². The van der Waals surface area contributed by atoms with Crippen molar-refractivity contribution in [2.75, 3.05) is 11.9 Å². The van der Waals surface area contributed by atoms with Gasteiger partial charge >= 0.3 is 6.09 Å². The van der Waals surface area contributed by atoms with Crippen molar-refractivity contribution in [3.63, 3.8) is 0 Å². The number of nitrogens with zero attached hydrogens (tertiary/aromatic N) is 2. The van der Waals surface area contributed by atoms with Gasteiger partial charge < -0.3 is 10.1 Å². The lowest BCUT2D eigenvalue weighted by Gasteiger charge is -2.37. The van der Waals surface area contributed by atoms with Crippen molar-refractivity contribution in [2.45, 2.75) is 58.5 Å². The van der Waals surface area contributed by atoms with E-state index in [1.807, 2.05) is 19.6 Å². The van der Waals surface area contributed by atoms with Crippen LogP contribution in [0.2, 0.25) is 19.6 Å². The maximum Gasteiger partial charge on any atom is 0.411 e. The van der Waals surface area contributed by atoms with Gasteiger partial charge in [0.1, 0.15) is 23.3 Å². The Balaban J connectivity index is 2.00. The lowest BCUT2D eigenvalue weighted by Crippen LogP contribution is -2.47. The zero-order chi connectivity index (χ0) is 25.4. The Morgan fingerprint density at radius 2 is 1.76 bits per heavy atom. The number of amides is 2. The van der Waals surface area contributed by atoms with Crippen molar-refractivity contribution in [3.8, 4) is 6.07 Å². The van der Waals surface area contributed by atoms with Crippen molar-refractivity contribution in [3.05, 3.63) is 58.7 Å². The molecule has 0 aliphatic carbocycles. The number of carbonyl (C=O) groups is 2. The molecule has 0 saturated heterocycles. The molecule has 0 unspecified atom stereocenters. The minimum absolute atomic E-state index is 0.0353. The van der Waals surface area contributed by atoms with Gasteiger partial charge in [-0.3, -0.25) is 9.69 Å². The van der Waals surface area contributed by atoms with Gasteiger partial charge in [0.05, 0.1) is 19.7 Å². The predicted molar refractivity (Wildman–Crippen MR) is 129 cm³/mol. The van der Waals surface area contributed by atoms with E-state index in [2.05, 4.69) is 11.4 Å². The number of hydrogen-bond donors (Lipinski definition) is 1. The van der Waals surface area contributed by atoms with Gasteiger partial charge in [-0.25, -0.2) is 13.6 Å². The molecule has 1 aliphatic heterocycles. The molecule has 1 atom stereocenters. The van der Waals surface area contributed by atoms with Crippen molar-refractivity contribution in [2.24, 2.45) is 0 Å². The van der Waals surface area contributed by atoms with Crippen LogP contribution in [0, 0.1) is 23.0 Å². The molecule has 3 rings (SSSR count). The molecule has 0 radical (unpaired) electrons. The number of anilines is 1. The van der Waals surface area contributed by atoms with Crippen LogP contribution in [0.3, 0.4) is 0 Å². The molecular weight excluding hydrogens is 456 g/mol. The first-order valence-corrected chi connectivity index (χ1v) is 14.5. The standard InChI is InChI=1S/C25H29F2N3O3Si/c1-25(2,3)33-24(32)30-10-9-16-11-15(14-28)7-8-18(16)21(30)23(31)29-17-12-19(26)22(20(27)13-17)34(4,5)6/h7-8,11-13,21H,9-10H2,1-6H3,(H,29,31)/t21-/m0/s1. The van der Waals surface area contributed by atoms with E-state index in [1.54, 1.807) is 39.0 Å². The number of halogens is 2. The van der Waals surface area contributed by atoms with Crippen LogP contribution in [0.1, 0.15) is 43.5 Å². The number of nitriles is 1. The van der Waals surface area contributed by atoms with E-state index in [4.69, 9.17) is 4.74 Å². The fourth-order valence-corrected chi connectivity index (χ4v) is 5.65. The first kappa shape index (κ1) is 25.4. The highest BCUT2D eigenvalue weighted by Gasteiger charge is 2.38. The average Bonchev–Trinajstić information content (AvgIpc) is 2.69. The smallest absolute Gasteiger partial charge is 0.411 e. The van der Waals surface area contributed by atoms with Crippen molar-refractivity contribution >= 4 is 30.9 Å². The summed E-state index contributed by atoms with van der Waals surface area (Å²) >= 11 is 0. The predicted octanol–water partition coefficient (Wildman–Crippen LogP) is 4.85. The zero-order valence-corrected chi connectivity index (χ0v) is 21.3.